The van der Waals surface area contributed by atoms with Crippen LogP contribution >= 0.6 is 23.1 Å². The summed E-state index contributed by atoms with van der Waals surface area (Å²) in [5.41, 5.74) is 7.67. The molecule has 3 aromatic carbocycles. The molecule has 4 aliphatic rings. The molecule has 6 aromatic rings. The Morgan fingerprint density at radius 3 is 2.40 bits per heavy atom. The van der Waals surface area contributed by atoms with Crippen molar-refractivity contribution in [3.63, 3.8) is 0 Å². The molecule has 3 fully saturated rings. The number of amides is 3. The summed E-state index contributed by atoms with van der Waals surface area (Å²) in [5, 5.41) is 14.3. The Balaban J connectivity index is 0.755. The number of rotatable bonds is 13. The van der Waals surface area contributed by atoms with Crippen LogP contribution in [0.3, 0.4) is 0 Å². The molecule has 18 nitrogen and oxygen atoms in total. The molecule has 4 aliphatic heterocycles. The van der Waals surface area contributed by atoms with Crippen LogP contribution in [0.2, 0.25) is 0 Å². The Morgan fingerprint density at radius 2 is 1.67 bits per heavy atom. The SMILES string of the molecule is COc1cc(N2CCN(C3CCN(CCCC#Cc4cccc5c4CN(N4C(=O)CCCC4=O)C5=O)CC3)CC2)c(-c2cnn(C)c2)cc1Nc1ncc(Br)c(Nc2ccc3nccnc3c2P(C)(C)=O)n1. The van der Waals surface area contributed by atoms with Gasteiger partial charge in [-0.25, -0.2) is 9.99 Å². The Hall–Kier alpha value is -6.71. The van der Waals surface area contributed by atoms with Gasteiger partial charge in [0.05, 0.1) is 46.5 Å². The van der Waals surface area contributed by atoms with Gasteiger partial charge in [0, 0.05) is 123 Å². The summed E-state index contributed by atoms with van der Waals surface area (Å²) in [6.07, 6.45) is 13.8. The number of nitrogens with one attached hydrogen (secondary N) is 2. The van der Waals surface area contributed by atoms with Gasteiger partial charge in [0.2, 0.25) is 17.8 Å². The average molecular weight is 1050 g/mol. The molecule has 372 valence electrons. The van der Waals surface area contributed by atoms with Crippen LogP contribution in [-0.2, 0) is 27.7 Å². The summed E-state index contributed by atoms with van der Waals surface area (Å²) < 4.78 is 22.1. The summed E-state index contributed by atoms with van der Waals surface area (Å²) in [6.45, 7) is 10.3. The third-order valence-corrected chi connectivity index (χ3v) is 16.0. The van der Waals surface area contributed by atoms with E-state index in [2.05, 4.69) is 85.3 Å². The highest BCUT2D eigenvalue weighted by atomic mass is 79.9. The fourth-order valence-corrected chi connectivity index (χ4v) is 12.0. The minimum absolute atomic E-state index is 0.176. The highest BCUT2D eigenvalue weighted by molar-refractivity contribution is 9.10. The molecule has 0 radical (unpaired) electrons. The summed E-state index contributed by atoms with van der Waals surface area (Å²) in [7, 11) is 0.775. The number of hydrazine groups is 1. The van der Waals surface area contributed by atoms with Gasteiger partial charge in [-0.05, 0) is 105 Å². The normalized spacial score (nSPS) is 17.1. The Kier molecular flexibility index (Phi) is 14.1. The maximum atomic E-state index is 13.6. The standard InChI is InChI=1S/C52H57BrN13O5P/c1-61-32-35(30-57-61)38-28-43(59-52-56-31-40(53)50(60-52)58-42-16-15-41-48(55-20-19-54-41)49(42)72(3,4)70)45(71-2)29-44(38)64-26-24-63(25-27-64)36-17-22-62(23-18-36)21-7-5-6-10-34-11-8-12-37-39(34)33-65(51(37)69)66-46(67)13-9-14-47(66)68/h8,11-12,15-16,19-20,28-32,36H,5,7,9,13-14,17-18,21-27,33H2,1-4H3,(H2,56,58,59,60). The number of imide groups is 1. The predicted octanol–water partition coefficient (Wildman–Crippen LogP) is 7.15. The van der Waals surface area contributed by atoms with E-state index in [4.69, 9.17) is 9.72 Å². The Labute approximate surface area is 427 Å². The summed E-state index contributed by atoms with van der Waals surface area (Å²) >= 11 is 3.61. The molecule has 0 atom stereocenters. The second-order valence-corrected chi connectivity index (χ2v) is 23.0. The van der Waals surface area contributed by atoms with Gasteiger partial charge in [0.15, 0.2) is 0 Å². The zero-order valence-electron chi connectivity index (χ0n) is 40.9. The number of piperazine rings is 1. The topological polar surface area (TPSA) is 187 Å². The fraction of sp³-hybridized carbons (Fsp3) is 0.385. The first kappa shape index (κ1) is 48.9. The fourth-order valence-electron chi connectivity index (χ4n) is 10.3. The number of methoxy groups -OCH3 is 1. The van der Waals surface area contributed by atoms with E-state index in [1.165, 1.54) is 5.01 Å². The van der Waals surface area contributed by atoms with Gasteiger partial charge in [-0.3, -0.25) is 33.9 Å². The van der Waals surface area contributed by atoms with Crippen LogP contribution in [-0.4, -0.2) is 140 Å². The molecule has 0 aliphatic carbocycles. The number of halogens is 1. The molecule has 3 amide bonds. The number of benzene rings is 3. The maximum absolute atomic E-state index is 13.6. The summed E-state index contributed by atoms with van der Waals surface area (Å²) in [5.74, 6) is 7.10. The van der Waals surface area contributed by atoms with Crippen LogP contribution in [0.5, 0.6) is 5.75 Å². The molecule has 0 spiro atoms. The molecule has 2 N–H and O–H groups in total. The molecule has 0 saturated carbocycles. The lowest BCUT2D eigenvalue weighted by Gasteiger charge is -2.43. The second-order valence-electron chi connectivity index (χ2n) is 19.0. The largest absolute Gasteiger partial charge is 0.494 e. The van der Waals surface area contributed by atoms with Gasteiger partial charge in [-0.2, -0.15) is 15.1 Å². The molecule has 0 bridgehead atoms. The minimum atomic E-state index is -2.81. The van der Waals surface area contributed by atoms with Crippen molar-refractivity contribution < 1.29 is 23.7 Å². The van der Waals surface area contributed by atoms with E-state index < -0.39 is 7.14 Å². The molecule has 7 heterocycles. The summed E-state index contributed by atoms with van der Waals surface area (Å²) in [4.78, 5) is 64.4. The zero-order chi connectivity index (χ0) is 50.1. The minimum Gasteiger partial charge on any atom is -0.494 e. The number of fused-ring (bicyclic) bond motifs is 2. The lowest BCUT2D eigenvalue weighted by atomic mass is 10.0. The highest BCUT2D eigenvalue weighted by Gasteiger charge is 2.40. The molecule has 72 heavy (non-hydrogen) atoms. The van der Waals surface area contributed by atoms with Crippen LogP contribution in [0.25, 0.3) is 22.2 Å². The number of nitrogens with zero attached hydrogens (tertiary/aromatic N) is 11. The first-order valence-corrected chi connectivity index (χ1v) is 27.8. The zero-order valence-corrected chi connectivity index (χ0v) is 43.4. The number of aryl methyl sites for hydroxylation is 1. The smallest absolute Gasteiger partial charge is 0.273 e. The van der Waals surface area contributed by atoms with E-state index in [9.17, 15) is 18.9 Å². The van der Waals surface area contributed by atoms with E-state index >= 15 is 0 Å². The third-order valence-electron chi connectivity index (χ3n) is 13.9. The van der Waals surface area contributed by atoms with Gasteiger partial charge in [0.25, 0.3) is 5.91 Å². The monoisotopic (exact) mass is 1050 g/mol. The molecule has 10 rings (SSSR count). The Bertz CT molecular complexity index is 3170. The number of carbonyl (C=O) groups is 3. The van der Waals surface area contributed by atoms with E-state index in [0.29, 0.717) is 67.7 Å². The lowest BCUT2D eigenvalue weighted by molar-refractivity contribution is -0.163. The van der Waals surface area contributed by atoms with Crippen molar-refractivity contribution in [3.05, 3.63) is 94.6 Å². The van der Waals surface area contributed by atoms with E-state index in [-0.39, 0.29) is 37.1 Å². The van der Waals surface area contributed by atoms with Crippen molar-refractivity contribution >= 4 is 86.0 Å². The van der Waals surface area contributed by atoms with Gasteiger partial charge in [-0.1, -0.05) is 17.9 Å². The van der Waals surface area contributed by atoms with Crippen LogP contribution in [0.1, 0.15) is 66.4 Å². The first-order chi connectivity index (χ1) is 34.8. The van der Waals surface area contributed by atoms with Crippen molar-refractivity contribution in [2.45, 2.75) is 57.5 Å². The quantitative estimate of drug-likeness (QED) is 0.0513. The van der Waals surface area contributed by atoms with Crippen molar-refractivity contribution in [2.24, 2.45) is 7.05 Å². The van der Waals surface area contributed by atoms with E-state index in [0.717, 1.165) is 104 Å². The van der Waals surface area contributed by atoms with Crippen LogP contribution in [0.4, 0.5) is 28.8 Å². The van der Waals surface area contributed by atoms with Gasteiger partial charge in [0.1, 0.15) is 24.2 Å². The van der Waals surface area contributed by atoms with Gasteiger partial charge in [-0.15, -0.1) is 0 Å². The van der Waals surface area contributed by atoms with E-state index in [1.807, 2.05) is 48.4 Å². The first-order valence-electron chi connectivity index (χ1n) is 24.4. The van der Waals surface area contributed by atoms with E-state index in [1.54, 1.807) is 45.1 Å². The van der Waals surface area contributed by atoms with Crippen LogP contribution in [0, 0.1) is 11.8 Å². The number of hydrogen-bond acceptors (Lipinski definition) is 15. The molecule has 0 unspecified atom stereocenters. The Morgan fingerprint density at radius 1 is 0.889 bits per heavy atom. The number of hydrogen-bond donors (Lipinski definition) is 2. The van der Waals surface area contributed by atoms with Crippen molar-refractivity contribution in [3.8, 4) is 28.7 Å². The number of carbonyl (C=O) groups excluding carboxylic acids is 3. The van der Waals surface area contributed by atoms with Gasteiger partial charge >= 0.3 is 0 Å². The third kappa shape index (κ3) is 10.2. The van der Waals surface area contributed by atoms with Crippen molar-refractivity contribution in [1.29, 1.82) is 0 Å². The molecular formula is C52H57BrN13O5P. The van der Waals surface area contributed by atoms with Gasteiger partial charge < -0.3 is 29.7 Å². The molecule has 20 heteroatoms. The number of anilines is 5. The summed E-state index contributed by atoms with van der Waals surface area (Å²) in [6, 6.07) is 13.9. The molecule has 3 saturated heterocycles. The molecular weight excluding hydrogens is 998 g/mol. The second kappa shape index (κ2) is 20.8. The molecule has 3 aromatic heterocycles. The number of likely N-dealkylation sites (tertiary alicyclic amines) is 1. The maximum Gasteiger partial charge on any atom is 0.273 e. The number of aromatic nitrogens is 6. The lowest BCUT2D eigenvalue weighted by Crippen LogP contribution is -2.53. The van der Waals surface area contributed by atoms with Crippen LogP contribution in [0.15, 0.2) is 77.9 Å². The average Bonchev–Trinajstić information content (AvgIpc) is 3.96. The highest BCUT2D eigenvalue weighted by Crippen LogP contribution is 2.43. The predicted molar refractivity (Wildman–Crippen MR) is 281 cm³/mol. The van der Waals surface area contributed by atoms with Crippen molar-refractivity contribution in [2.75, 3.05) is 81.8 Å². The van der Waals surface area contributed by atoms with Crippen LogP contribution < -0.4 is 25.6 Å². The van der Waals surface area contributed by atoms with Crippen molar-refractivity contribution in [1.82, 2.24) is 49.5 Å². The number of ether oxygens (including phenoxy) is 1. The number of piperidine rings is 2. The number of unbranched alkanes of at least 4 members (excludes halogenated alkanes) is 1.